The van der Waals surface area contributed by atoms with Crippen molar-refractivity contribution in [3.05, 3.63) is 0 Å². The topological polar surface area (TPSA) is 230 Å². The first-order valence-electron chi connectivity index (χ1n) is 11.8. The van der Waals surface area contributed by atoms with Gasteiger partial charge in [-0.3, -0.25) is 48.5 Å². The van der Waals surface area contributed by atoms with Crippen molar-refractivity contribution in [1.29, 1.82) is 0 Å². The predicted octanol–water partition coefficient (Wildman–Crippen LogP) is -1.20. The minimum absolute atomic E-state index is 0.784. The Morgan fingerprint density at radius 2 is 0.829 bits per heavy atom. The summed E-state index contributed by atoms with van der Waals surface area (Å²) in [6.45, 7) is 6.47. The summed E-state index contributed by atoms with van der Waals surface area (Å²) in [4.78, 5) is 108. The summed E-state index contributed by atoms with van der Waals surface area (Å²) in [5.74, 6) is -9.70. The van der Waals surface area contributed by atoms with Crippen molar-refractivity contribution in [2.24, 2.45) is 0 Å². The molecule has 2 amide bonds. The van der Waals surface area contributed by atoms with Gasteiger partial charge in [-0.15, -0.1) is 0 Å². The summed E-state index contributed by atoms with van der Waals surface area (Å²) in [5, 5.41) is 1.83. The Morgan fingerprint density at radius 1 is 0.463 bits per heavy atom. The SMILES string of the molecule is CC(=O)NC(=O)[C@H](OC(C)=O)[C@@H](OC(C)=O)[C@H](OC(C)=O)[C@H](OC(C)=O)[C@H](OC(C)=O)[C@@H](COC(C)=O)OC(C)=O. The fourth-order valence-corrected chi connectivity index (χ4v) is 3.37. The molecule has 230 valence electrons. The summed E-state index contributed by atoms with van der Waals surface area (Å²) in [6, 6.07) is 0. The van der Waals surface area contributed by atoms with E-state index < -0.39 is 96.8 Å². The lowest BCUT2D eigenvalue weighted by Gasteiger charge is -2.39. The molecular weight excluding hydrogens is 558 g/mol. The lowest BCUT2D eigenvalue weighted by Crippen LogP contribution is -2.61. The van der Waals surface area contributed by atoms with E-state index in [0.717, 1.165) is 55.4 Å². The number of ether oxygens (including phenoxy) is 7. The molecule has 0 spiro atoms. The van der Waals surface area contributed by atoms with Gasteiger partial charge in [-0.2, -0.15) is 0 Å². The van der Waals surface area contributed by atoms with Crippen molar-refractivity contribution in [3.63, 3.8) is 0 Å². The molecule has 0 fully saturated rings. The number of amides is 2. The van der Waals surface area contributed by atoms with Crippen molar-refractivity contribution < 1.29 is 76.3 Å². The fourth-order valence-electron chi connectivity index (χ4n) is 3.37. The van der Waals surface area contributed by atoms with E-state index >= 15 is 0 Å². The van der Waals surface area contributed by atoms with Gasteiger partial charge in [0, 0.05) is 55.4 Å². The molecule has 6 atom stereocenters. The second-order valence-electron chi connectivity index (χ2n) is 8.32. The number of hydrogen-bond donors (Lipinski definition) is 1. The van der Waals surface area contributed by atoms with Crippen LogP contribution in [0.15, 0.2) is 0 Å². The van der Waals surface area contributed by atoms with Crippen LogP contribution in [0.2, 0.25) is 0 Å². The molecule has 1 N–H and O–H groups in total. The van der Waals surface area contributed by atoms with Crippen LogP contribution in [0.4, 0.5) is 0 Å². The van der Waals surface area contributed by atoms with Gasteiger partial charge in [-0.1, -0.05) is 0 Å². The van der Waals surface area contributed by atoms with Crippen molar-refractivity contribution >= 4 is 53.6 Å². The number of rotatable bonds is 14. The van der Waals surface area contributed by atoms with E-state index in [1.165, 1.54) is 0 Å². The number of carbonyl (C=O) groups excluding carboxylic acids is 9. The predicted molar refractivity (Wildman–Crippen MR) is 129 cm³/mol. The lowest BCUT2D eigenvalue weighted by molar-refractivity contribution is -0.221. The molecule has 0 bridgehead atoms. The second kappa shape index (κ2) is 17.2. The Kier molecular flexibility index (Phi) is 15.3. The fraction of sp³-hybridized carbons (Fsp3) is 0.625. The average molecular weight is 592 g/mol. The minimum atomic E-state index is -2.22. The molecule has 17 nitrogen and oxygen atoms in total. The largest absolute Gasteiger partial charge is 0.462 e. The molecule has 0 aromatic rings. The van der Waals surface area contributed by atoms with E-state index in [0.29, 0.717) is 0 Å². The van der Waals surface area contributed by atoms with Gasteiger partial charge in [-0.05, 0) is 0 Å². The molecule has 0 heterocycles. The maximum atomic E-state index is 12.9. The van der Waals surface area contributed by atoms with Crippen LogP contribution in [-0.4, -0.2) is 96.8 Å². The summed E-state index contributed by atoms with van der Waals surface area (Å²) in [7, 11) is 0. The average Bonchev–Trinajstić information content (AvgIpc) is 2.78. The van der Waals surface area contributed by atoms with Crippen LogP contribution in [0.5, 0.6) is 0 Å². The molecule has 0 unspecified atom stereocenters. The van der Waals surface area contributed by atoms with Crippen LogP contribution in [0.1, 0.15) is 55.4 Å². The van der Waals surface area contributed by atoms with Gasteiger partial charge in [0.2, 0.25) is 12.0 Å². The Hall–Kier alpha value is -4.57. The molecule has 0 aliphatic heterocycles. The van der Waals surface area contributed by atoms with Gasteiger partial charge in [0.15, 0.2) is 30.5 Å². The van der Waals surface area contributed by atoms with E-state index in [9.17, 15) is 43.2 Å². The van der Waals surface area contributed by atoms with E-state index in [-0.39, 0.29) is 0 Å². The zero-order valence-electron chi connectivity index (χ0n) is 23.7. The van der Waals surface area contributed by atoms with Crippen molar-refractivity contribution in [1.82, 2.24) is 5.32 Å². The first-order chi connectivity index (χ1) is 18.8. The Balaban J connectivity index is 7.43. The van der Waals surface area contributed by atoms with Gasteiger partial charge in [-0.25, -0.2) is 0 Å². The molecule has 0 saturated carbocycles. The first-order valence-corrected chi connectivity index (χ1v) is 11.8. The van der Waals surface area contributed by atoms with E-state index in [1.54, 1.807) is 0 Å². The molecule has 0 saturated heterocycles. The summed E-state index contributed by atoms with van der Waals surface area (Å²) >= 11 is 0. The quantitative estimate of drug-likeness (QED) is 0.185. The smallest absolute Gasteiger partial charge is 0.303 e. The molecule has 0 rings (SSSR count). The van der Waals surface area contributed by atoms with Crippen LogP contribution in [-0.2, 0) is 76.3 Å². The second-order valence-corrected chi connectivity index (χ2v) is 8.32. The van der Waals surface area contributed by atoms with Crippen LogP contribution in [0.3, 0.4) is 0 Å². The summed E-state index contributed by atoms with van der Waals surface area (Å²) in [5.41, 5.74) is 0. The van der Waals surface area contributed by atoms with Gasteiger partial charge < -0.3 is 33.2 Å². The molecule has 0 aliphatic carbocycles. The van der Waals surface area contributed by atoms with Gasteiger partial charge in [0.25, 0.3) is 5.91 Å². The highest BCUT2D eigenvalue weighted by molar-refractivity contribution is 5.97. The standard InChI is InChI=1S/C24H33NO16/c1-10(26)25-24(34)23(41-17(8)33)22(40-16(7)32)21(39-15(6)31)20(38-14(5)30)19(37-13(4)29)18(36-12(3)28)9-35-11(2)27/h18-23H,9H2,1-8H3,(H,25,26,34)/t18-,19-,20-,21-,22+,23-/m1/s1. The van der Waals surface area contributed by atoms with Gasteiger partial charge in [0.1, 0.15) is 6.61 Å². The molecule has 0 aromatic heterocycles. The molecule has 0 aliphatic rings. The number of nitrogens with one attached hydrogen (secondary N) is 1. The molecular formula is C24H33NO16. The van der Waals surface area contributed by atoms with E-state index in [1.807, 2.05) is 5.32 Å². The van der Waals surface area contributed by atoms with Gasteiger partial charge >= 0.3 is 41.8 Å². The maximum absolute atomic E-state index is 12.9. The number of imide groups is 1. The number of esters is 7. The highest BCUT2D eigenvalue weighted by Gasteiger charge is 2.52. The van der Waals surface area contributed by atoms with Crippen LogP contribution < -0.4 is 5.32 Å². The molecule has 0 aromatic carbocycles. The molecule has 17 heteroatoms. The van der Waals surface area contributed by atoms with Crippen LogP contribution >= 0.6 is 0 Å². The lowest BCUT2D eigenvalue weighted by atomic mass is 9.94. The molecule has 0 radical (unpaired) electrons. The Morgan fingerprint density at radius 3 is 1.20 bits per heavy atom. The van der Waals surface area contributed by atoms with E-state index in [4.69, 9.17) is 33.2 Å². The highest BCUT2D eigenvalue weighted by atomic mass is 16.7. The van der Waals surface area contributed by atoms with E-state index in [2.05, 4.69) is 0 Å². The zero-order valence-corrected chi connectivity index (χ0v) is 23.7. The third-order valence-corrected chi connectivity index (χ3v) is 4.46. The van der Waals surface area contributed by atoms with Crippen LogP contribution in [0, 0.1) is 0 Å². The minimum Gasteiger partial charge on any atom is -0.462 e. The van der Waals surface area contributed by atoms with Crippen molar-refractivity contribution in [3.8, 4) is 0 Å². The number of hydrogen-bond acceptors (Lipinski definition) is 16. The zero-order chi connectivity index (χ0) is 32.0. The normalized spacial score (nSPS) is 14.7. The van der Waals surface area contributed by atoms with Crippen LogP contribution in [0.25, 0.3) is 0 Å². The Labute approximate surface area is 234 Å². The number of carbonyl (C=O) groups is 9. The summed E-state index contributed by atoms with van der Waals surface area (Å²) in [6.07, 6.45) is -12.3. The van der Waals surface area contributed by atoms with Gasteiger partial charge in [0.05, 0.1) is 0 Å². The highest BCUT2D eigenvalue weighted by Crippen LogP contribution is 2.26. The van der Waals surface area contributed by atoms with Crippen molar-refractivity contribution in [2.45, 2.75) is 92.0 Å². The molecule has 41 heavy (non-hydrogen) atoms. The van der Waals surface area contributed by atoms with Crippen molar-refractivity contribution in [2.75, 3.05) is 6.61 Å². The monoisotopic (exact) mass is 591 g/mol. The third-order valence-electron chi connectivity index (χ3n) is 4.46. The Bertz CT molecular complexity index is 1040. The maximum Gasteiger partial charge on any atom is 0.303 e. The third kappa shape index (κ3) is 14.4. The summed E-state index contributed by atoms with van der Waals surface area (Å²) < 4.78 is 35.9. The first kappa shape index (κ1) is 36.4.